The molecular formula is C14H22N4O3. The first kappa shape index (κ1) is 16.7. The summed E-state index contributed by atoms with van der Waals surface area (Å²) in [7, 11) is 1.71. The molecule has 1 aromatic rings. The predicted octanol–water partition coefficient (Wildman–Crippen LogP) is 1.12. The average molecular weight is 294 g/mol. The van der Waals surface area contributed by atoms with Gasteiger partial charge in [-0.1, -0.05) is 0 Å². The van der Waals surface area contributed by atoms with Gasteiger partial charge in [0, 0.05) is 19.8 Å². The van der Waals surface area contributed by atoms with Crippen molar-refractivity contribution in [3.05, 3.63) is 17.8 Å². The highest BCUT2D eigenvalue weighted by molar-refractivity contribution is 5.98. The predicted molar refractivity (Wildman–Crippen MR) is 81.0 cm³/mol. The number of nitrogen functional groups attached to an aromatic ring is 1. The third-order valence-corrected chi connectivity index (χ3v) is 3.06. The fraction of sp³-hybridized carbons (Fsp3) is 0.500. The number of anilines is 2. The minimum atomic E-state index is -0.509. The van der Waals surface area contributed by atoms with E-state index < -0.39 is 12.0 Å². The fourth-order valence-electron chi connectivity index (χ4n) is 1.73. The lowest BCUT2D eigenvalue weighted by Gasteiger charge is -2.21. The van der Waals surface area contributed by atoms with Crippen molar-refractivity contribution >= 4 is 23.4 Å². The standard InChI is InChI=1S/C14H22N4O3/c1-5-18(4)13(19)9(3)17-12-11(15)10(7-8-16-12)14(20)21-6-2/h7-9H,5-6,15H2,1-4H3,(H,16,17). The van der Waals surface area contributed by atoms with E-state index in [2.05, 4.69) is 10.3 Å². The van der Waals surface area contributed by atoms with Gasteiger partial charge >= 0.3 is 5.97 Å². The van der Waals surface area contributed by atoms with Crippen LogP contribution in [-0.2, 0) is 9.53 Å². The lowest BCUT2D eigenvalue weighted by molar-refractivity contribution is -0.130. The van der Waals surface area contributed by atoms with Crippen LogP contribution in [0.4, 0.5) is 11.5 Å². The van der Waals surface area contributed by atoms with Crippen LogP contribution in [0.5, 0.6) is 0 Å². The van der Waals surface area contributed by atoms with Gasteiger partial charge in [-0.05, 0) is 26.8 Å². The first-order valence-electron chi connectivity index (χ1n) is 6.85. The monoisotopic (exact) mass is 294 g/mol. The van der Waals surface area contributed by atoms with Crippen LogP contribution < -0.4 is 11.1 Å². The Kier molecular flexibility index (Phi) is 5.95. The van der Waals surface area contributed by atoms with Crippen molar-refractivity contribution in [2.24, 2.45) is 0 Å². The number of nitrogens with two attached hydrogens (primary N) is 1. The number of esters is 1. The van der Waals surface area contributed by atoms with Crippen LogP contribution in [-0.4, -0.2) is 48.0 Å². The van der Waals surface area contributed by atoms with Crippen molar-refractivity contribution in [1.82, 2.24) is 9.88 Å². The Bertz CT molecular complexity index is 519. The maximum atomic E-state index is 12.0. The number of ether oxygens (including phenoxy) is 1. The van der Waals surface area contributed by atoms with Crippen LogP contribution in [0.3, 0.4) is 0 Å². The first-order chi connectivity index (χ1) is 9.92. The van der Waals surface area contributed by atoms with Crippen molar-refractivity contribution in [3.8, 4) is 0 Å². The Hall–Kier alpha value is -2.31. The van der Waals surface area contributed by atoms with Crippen LogP contribution in [0.2, 0.25) is 0 Å². The van der Waals surface area contributed by atoms with Gasteiger partial charge in [-0.2, -0.15) is 0 Å². The Balaban J connectivity index is 2.92. The molecule has 116 valence electrons. The van der Waals surface area contributed by atoms with E-state index in [1.165, 1.54) is 12.3 Å². The summed E-state index contributed by atoms with van der Waals surface area (Å²) in [4.78, 5) is 29.4. The molecule has 0 aliphatic heterocycles. The molecule has 0 spiro atoms. The maximum absolute atomic E-state index is 12.0. The molecule has 1 amide bonds. The van der Waals surface area contributed by atoms with E-state index in [1.54, 1.807) is 25.8 Å². The molecular weight excluding hydrogens is 272 g/mol. The third-order valence-electron chi connectivity index (χ3n) is 3.06. The molecule has 1 rings (SSSR count). The van der Waals surface area contributed by atoms with Gasteiger partial charge in [-0.25, -0.2) is 9.78 Å². The second kappa shape index (κ2) is 7.47. The summed E-state index contributed by atoms with van der Waals surface area (Å²) < 4.78 is 4.92. The lowest BCUT2D eigenvalue weighted by Crippen LogP contribution is -2.39. The van der Waals surface area contributed by atoms with Crippen molar-refractivity contribution < 1.29 is 14.3 Å². The van der Waals surface area contributed by atoms with E-state index in [1.807, 2.05) is 6.92 Å². The number of amides is 1. The second-order valence-electron chi connectivity index (χ2n) is 4.56. The number of carbonyl (C=O) groups is 2. The van der Waals surface area contributed by atoms with Crippen LogP contribution in [0.15, 0.2) is 12.3 Å². The summed E-state index contributed by atoms with van der Waals surface area (Å²) in [5.74, 6) is -0.295. The third kappa shape index (κ3) is 4.08. The molecule has 1 atom stereocenters. The molecule has 0 bridgehead atoms. The van der Waals surface area contributed by atoms with Crippen LogP contribution >= 0.6 is 0 Å². The number of pyridine rings is 1. The van der Waals surface area contributed by atoms with Gasteiger partial charge in [0.05, 0.1) is 17.9 Å². The van der Waals surface area contributed by atoms with E-state index in [0.29, 0.717) is 12.4 Å². The topological polar surface area (TPSA) is 97.5 Å². The number of rotatable bonds is 6. The first-order valence-corrected chi connectivity index (χ1v) is 6.85. The van der Waals surface area contributed by atoms with Crippen LogP contribution in [0.1, 0.15) is 31.1 Å². The molecule has 0 aliphatic rings. The molecule has 7 heteroatoms. The van der Waals surface area contributed by atoms with Crippen LogP contribution in [0, 0.1) is 0 Å². The summed E-state index contributed by atoms with van der Waals surface area (Å²) in [6, 6.07) is 0.991. The highest BCUT2D eigenvalue weighted by Crippen LogP contribution is 2.21. The molecule has 0 fully saturated rings. The van der Waals surface area contributed by atoms with E-state index in [9.17, 15) is 9.59 Å². The molecule has 21 heavy (non-hydrogen) atoms. The van der Waals surface area contributed by atoms with E-state index in [0.717, 1.165) is 0 Å². The molecule has 0 saturated carbocycles. The molecule has 3 N–H and O–H groups in total. The molecule has 1 heterocycles. The highest BCUT2D eigenvalue weighted by Gasteiger charge is 2.20. The molecule has 7 nitrogen and oxygen atoms in total. The zero-order chi connectivity index (χ0) is 16.0. The Morgan fingerprint density at radius 1 is 1.48 bits per heavy atom. The lowest BCUT2D eigenvalue weighted by atomic mass is 10.2. The average Bonchev–Trinajstić information content (AvgIpc) is 2.47. The summed E-state index contributed by atoms with van der Waals surface area (Å²) >= 11 is 0. The van der Waals surface area contributed by atoms with Crippen molar-refractivity contribution in [2.45, 2.75) is 26.8 Å². The number of hydrogen-bond acceptors (Lipinski definition) is 6. The maximum Gasteiger partial charge on any atom is 0.340 e. The largest absolute Gasteiger partial charge is 0.462 e. The summed E-state index contributed by atoms with van der Waals surface area (Å²) in [5, 5.41) is 2.93. The van der Waals surface area contributed by atoms with E-state index >= 15 is 0 Å². The van der Waals surface area contributed by atoms with Crippen molar-refractivity contribution in [3.63, 3.8) is 0 Å². The molecule has 1 aromatic heterocycles. The van der Waals surface area contributed by atoms with Crippen LogP contribution in [0.25, 0.3) is 0 Å². The molecule has 0 radical (unpaired) electrons. The fourth-order valence-corrected chi connectivity index (χ4v) is 1.73. The van der Waals surface area contributed by atoms with Gasteiger partial charge in [0.2, 0.25) is 5.91 Å². The molecule has 0 saturated heterocycles. The normalized spacial score (nSPS) is 11.6. The van der Waals surface area contributed by atoms with Gasteiger partial charge in [-0.15, -0.1) is 0 Å². The number of nitrogens with one attached hydrogen (secondary N) is 1. The second-order valence-corrected chi connectivity index (χ2v) is 4.56. The smallest absolute Gasteiger partial charge is 0.340 e. The molecule has 0 aliphatic carbocycles. The Morgan fingerprint density at radius 2 is 2.14 bits per heavy atom. The number of nitrogens with zero attached hydrogens (tertiary/aromatic N) is 2. The SMILES string of the molecule is CCOC(=O)c1ccnc(NC(C)C(=O)N(C)CC)c1N. The summed E-state index contributed by atoms with van der Waals surface area (Å²) in [6.45, 7) is 6.19. The highest BCUT2D eigenvalue weighted by atomic mass is 16.5. The Morgan fingerprint density at radius 3 is 2.71 bits per heavy atom. The van der Waals surface area contributed by atoms with Gasteiger partial charge in [-0.3, -0.25) is 4.79 Å². The van der Waals surface area contributed by atoms with Gasteiger partial charge in [0.15, 0.2) is 5.82 Å². The number of hydrogen-bond donors (Lipinski definition) is 2. The quantitative estimate of drug-likeness (QED) is 0.763. The van der Waals surface area contributed by atoms with Crippen molar-refractivity contribution in [2.75, 3.05) is 31.2 Å². The van der Waals surface area contributed by atoms with Gasteiger partial charge in [0.1, 0.15) is 6.04 Å². The minimum Gasteiger partial charge on any atom is -0.462 e. The Labute approximate surface area is 124 Å². The number of aromatic nitrogens is 1. The van der Waals surface area contributed by atoms with E-state index in [4.69, 9.17) is 10.5 Å². The number of carbonyl (C=O) groups excluding carboxylic acids is 2. The molecule has 1 unspecified atom stereocenters. The zero-order valence-corrected chi connectivity index (χ0v) is 12.8. The summed E-state index contributed by atoms with van der Waals surface area (Å²) in [5.41, 5.74) is 6.33. The van der Waals surface area contributed by atoms with E-state index in [-0.39, 0.29) is 23.8 Å². The summed E-state index contributed by atoms with van der Waals surface area (Å²) in [6.07, 6.45) is 1.45. The minimum absolute atomic E-state index is 0.0831. The molecule has 0 aromatic carbocycles. The van der Waals surface area contributed by atoms with Crippen molar-refractivity contribution in [1.29, 1.82) is 0 Å². The number of likely N-dealkylation sites (N-methyl/N-ethyl adjacent to an activating group) is 1. The van der Waals surface area contributed by atoms with Gasteiger partial charge < -0.3 is 20.7 Å². The van der Waals surface area contributed by atoms with Gasteiger partial charge in [0.25, 0.3) is 0 Å². The zero-order valence-electron chi connectivity index (χ0n) is 12.8.